The summed E-state index contributed by atoms with van der Waals surface area (Å²) in [6.45, 7) is 5.08. The summed E-state index contributed by atoms with van der Waals surface area (Å²) in [4.78, 5) is 22.8. The van der Waals surface area contributed by atoms with Crippen molar-refractivity contribution >= 4 is 17.7 Å². The van der Waals surface area contributed by atoms with Crippen LogP contribution in [0.3, 0.4) is 0 Å². The molecule has 1 aromatic carbocycles. The van der Waals surface area contributed by atoms with Gasteiger partial charge in [0.15, 0.2) is 0 Å². The molecule has 0 bridgehead atoms. The zero-order valence-corrected chi connectivity index (χ0v) is 11.7. The van der Waals surface area contributed by atoms with Gasteiger partial charge < -0.3 is 14.2 Å². The van der Waals surface area contributed by atoms with E-state index in [0.717, 1.165) is 0 Å². The third-order valence-electron chi connectivity index (χ3n) is 2.31. The third kappa shape index (κ3) is 5.71. The van der Waals surface area contributed by atoms with Gasteiger partial charge in [0.25, 0.3) is 0 Å². The molecule has 6 heteroatoms. The van der Waals surface area contributed by atoms with Gasteiger partial charge in [-0.25, -0.2) is 9.59 Å². The second-order valence-corrected chi connectivity index (χ2v) is 3.76. The zero-order valence-electron chi connectivity index (χ0n) is 11.7. The number of amides is 1. The van der Waals surface area contributed by atoms with Crippen LogP contribution >= 0.6 is 0 Å². The lowest BCUT2D eigenvalue weighted by molar-refractivity contribution is 0.0335. The SMILES string of the molecule is CCOCCOC(=O)c1ccc(NC(=O)OCC)cc1. The topological polar surface area (TPSA) is 73.9 Å². The van der Waals surface area contributed by atoms with Crippen molar-refractivity contribution in [1.82, 2.24) is 0 Å². The lowest BCUT2D eigenvalue weighted by atomic mass is 10.2. The van der Waals surface area contributed by atoms with Crippen molar-refractivity contribution in [2.75, 3.05) is 31.7 Å². The summed E-state index contributed by atoms with van der Waals surface area (Å²) in [5.74, 6) is -0.424. The standard InChI is InChI=1S/C14H19NO5/c1-3-18-9-10-20-13(16)11-5-7-12(8-6-11)15-14(17)19-4-2/h5-8H,3-4,9-10H2,1-2H3,(H,15,17). The van der Waals surface area contributed by atoms with E-state index in [1.807, 2.05) is 6.92 Å². The molecule has 110 valence electrons. The monoisotopic (exact) mass is 281 g/mol. The van der Waals surface area contributed by atoms with E-state index in [0.29, 0.717) is 31.1 Å². The molecule has 0 saturated heterocycles. The fourth-order valence-electron chi connectivity index (χ4n) is 1.40. The van der Waals surface area contributed by atoms with Crippen LogP contribution in [0.5, 0.6) is 0 Å². The van der Waals surface area contributed by atoms with Crippen LogP contribution in [0.25, 0.3) is 0 Å². The van der Waals surface area contributed by atoms with Gasteiger partial charge in [-0.3, -0.25) is 5.32 Å². The Morgan fingerprint density at radius 2 is 1.70 bits per heavy atom. The van der Waals surface area contributed by atoms with Crippen LogP contribution in [0.15, 0.2) is 24.3 Å². The molecule has 0 atom stereocenters. The highest BCUT2D eigenvalue weighted by Crippen LogP contribution is 2.11. The fraction of sp³-hybridized carbons (Fsp3) is 0.429. The number of esters is 1. The molecule has 1 aromatic rings. The highest BCUT2D eigenvalue weighted by Gasteiger charge is 2.07. The summed E-state index contributed by atoms with van der Waals surface area (Å²) in [7, 11) is 0. The first-order chi connectivity index (χ1) is 9.67. The Morgan fingerprint density at radius 3 is 2.30 bits per heavy atom. The third-order valence-corrected chi connectivity index (χ3v) is 2.31. The summed E-state index contributed by atoms with van der Waals surface area (Å²) in [5, 5.41) is 2.54. The summed E-state index contributed by atoms with van der Waals surface area (Å²) < 4.78 is 14.8. The Bertz CT molecular complexity index is 430. The van der Waals surface area contributed by atoms with Crippen molar-refractivity contribution in [3.63, 3.8) is 0 Å². The van der Waals surface area contributed by atoms with E-state index in [1.165, 1.54) is 0 Å². The predicted octanol–water partition coefficient (Wildman–Crippen LogP) is 2.45. The number of benzene rings is 1. The minimum Gasteiger partial charge on any atom is -0.460 e. The van der Waals surface area contributed by atoms with Gasteiger partial charge in [0.05, 0.1) is 18.8 Å². The Labute approximate surface area is 118 Å². The molecule has 1 rings (SSSR count). The molecule has 0 unspecified atom stereocenters. The van der Waals surface area contributed by atoms with Crippen molar-refractivity contribution < 1.29 is 23.8 Å². The van der Waals surface area contributed by atoms with Crippen LogP contribution < -0.4 is 5.32 Å². The number of hydrogen-bond acceptors (Lipinski definition) is 5. The molecule has 0 saturated carbocycles. The van der Waals surface area contributed by atoms with Crippen molar-refractivity contribution in [3.8, 4) is 0 Å². The van der Waals surface area contributed by atoms with E-state index < -0.39 is 12.1 Å². The maximum absolute atomic E-state index is 11.7. The normalized spacial score (nSPS) is 9.90. The summed E-state index contributed by atoms with van der Waals surface area (Å²) in [5.41, 5.74) is 0.963. The van der Waals surface area contributed by atoms with E-state index in [1.54, 1.807) is 31.2 Å². The second-order valence-electron chi connectivity index (χ2n) is 3.76. The molecule has 0 aromatic heterocycles. The second kappa shape index (κ2) is 8.92. The van der Waals surface area contributed by atoms with E-state index in [9.17, 15) is 9.59 Å². The van der Waals surface area contributed by atoms with Gasteiger partial charge in [-0.05, 0) is 38.1 Å². The molecule has 0 heterocycles. The molecule has 1 amide bonds. The summed E-state index contributed by atoms with van der Waals surface area (Å²) in [6.07, 6.45) is -0.528. The molecule has 0 aliphatic heterocycles. The number of rotatable bonds is 7. The molecule has 0 aliphatic rings. The van der Waals surface area contributed by atoms with Crippen LogP contribution in [-0.2, 0) is 14.2 Å². The number of hydrogen-bond donors (Lipinski definition) is 1. The van der Waals surface area contributed by atoms with E-state index in [4.69, 9.17) is 14.2 Å². The first-order valence-electron chi connectivity index (χ1n) is 6.46. The minimum absolute atomic E-state index is 0.218. The quantitative estimate of drug-likeness (QED) is 0.614. The van der Waals surface area contributed by atoms with Gasteiger partial charge in [-0.1, -0.05) is 0 Å². The molecule has 0 fully saturated rings. The molecule has 1 N–H and O–H groups in total. The Kier molecular flexibility index (Phi) is 7.13. The van der Waals surface area contributed by atoms with Crippen molar-refractivity contribution in [2.24, 2.45) is 0 Å². The molecule has 0 aliphatic carbocycles. The lowest BCUT2D eigenvalue weighted by Gasteiger charge is -2.07. The number of ether oxygens (including phenoxy) is 3. The molecule has 20 heavy (non-hydrogen) atoms. The smallest absolute Gasteiger partial charge is 0.411 e. The van der Waals surface area contributed by atoms with Crippen molar-refractivity contribution in [2.45, 2.75) is 13.8 Å². The van der Waals surface area contributed by atoms with Gasteiger partial charge in [-0.15, -0.1) is 0 Å². The van der Waals surface area contributed by atoms with Crippen LogP contribution in [0.1, 0.15) is 24.2 Å². The number of carbonyl (C=O) groups is 2. The predicted molar refractivity (Wildman–Crippen MR) is 73.9 cm³/mol. The van der Waals surface area contributed by atoms with Crippen molar-refractivity contribution in [3.05, 3.63) is 29.8 Å². The highest BCUT2D eigenvalue weighted by atomic mass is 16.6. The van der Waals surface area contributed by atoms with Gasteiger partial charge in [0, 0.05) is 12.3 Å². The minimum atomic E-state index is -0.528. The van der Waals surface area contributed by atoms with Crippen molar-refractivity contribution in [1.29, 1.82) is 0 Å². The maximum Gasteiger partial charge on any atom is 0.411 e. The summed E-state index contributed by atoms with van der Waals surface area (Å²) in [6, 6.07) is 6.36. The average molecular weight is 281 g/mol. The van der Waals surface area contributed by atoms with Gasteiger partial charge in [0.2, 0.25) is 0 Å². The zero-order chi connectivity index (χ0) is 14.8. The van der Waals surface area contributed by atoms with E-state index in [-0.39, 0.29) is 6.61 Å². The average Bonchev–Trinajstić information content (AvgIpc) is 2.44. The Hall–Kier alpha value is -2.08. The number of carbonyl (C=O) groups excluding carboxylic acids is 2. The van der Waals surface area contributed by atoms with Crippen LogP contribution in [0, 0.1) is 0 Å². The van der Waals surface area contributed by atoms with Crippen LogP contribution in [0.4, 0.5) is 10.5 Å². The first-order valence-corrected chi connectivity index (χ1v) is 6.46. The highest BCUT2D eigenvalue weighted by molar-refractivity contribution is 5.91. The van der Waals surface area contributed by atoms with Crippen LogP contribution in [0.2, 0.25) is 0 Å². The Morgan fingerprint density at radius 1 is 1.00 bits per heavy atom. The molecule has 0 radical (unpaired) electrons. The largest absolute Gasteiger partial charge is 0.460 e. The van der Waals surface area contributed by atoms with E-state index in [2.05, 4.69) is 5.32 Å². The molecule has 6 nitrogen and oxygen atoms in total. The first kappa shape index (κ1) is 16.0. The van der Waals surface area contributed by atoms with Crippen LogP contribution in [-0.4, -0.2) is 38.5 Å². The summed E-state index contributed by atoms with van der Waals surface area (Å²) >= 11 is 0. The molecular formula is C14H19NO5. The molecule has 0 spiro atoms. The van der Waals surface area contributed by atoms with Gasteiger partial charge >= 0.3 is 12.1 Å². The lowest BCUT2D eigenvalue weighted by Crippen LogP contribution is -2.14. The van der Waals surface area contributed by atoms with E-state index >= 15 is 0 Å². The van der Waals surface area contributed by atoms with Gasteiger partial charge in [-0.2, -0.15) is 0 Å². The van der Waals surface area contributed by atoms with Gasteiger partial charge in [0.1, 0.15) is 6.61 Å². The number of anilines is 1. The Balaban J connectivity index is 2.45. The fourth-order valence-corrected chi connectivity index (χ4v) is 1.40. The maximum atomic E-state index is 11.7. The number of nitrogens with one attached hydrogen (secondary N) is 1. The molecular weight excluding hydrogens is 262 g/mol.